The van der Waals surface area contributed by atoms with Gasteiger partial charge < -0.3 is 9.84 Å². The predicted octanol–water partition coefficient (Wildman–Crippen LogP) is 0.629. The van der Waals surface area contributed by atoms with E-state index < -0.39 is 6.29 Å². The van der Waals surface area contributed by atoms with E-state index in [0.717, 1.165) is 5.76 Å². The first-order chi connectivity index (χ1) is 3.29. The molecule has 1 heterocycles. The zero-order chi connectivity index (χ0) is 5.28. The van der Waals surface area contributed by atoms with E-state index in [1.165, 1.54) is 0 Å². The molecule has 1 rings (SSSR count). The average Bonchev–Trinajstić information content (AvgIpc) is 1.87. The number of aliphatic hydroxyl groups is 1. The highest BCUT2D eigenvalue weighted by Crippen LogP contribution is 2.12. The first-order valence-corrected chi connectivity index (χ1v) is 2.30. The van der Waals surface area contributed by atoms with Crippen molar-refractivity contribution in [1.82, 2.24) is 0 Å². The Bertz CT molecular complexity index is 96.3. The van der Waals surface area contributed by atoms with E-state index in [1.807, 2.05) is 13.0 Å². The monoisotopic (exact) mass is 100 g/mol. The summed E-state index contributed by atoms with van der Waals surface area (Å²) in [5.74, 6) is 0.826. The summed E-state index contributed by atoms with van der Waals surface area (Å²) in [7, 11) is 0. The summed E-state index contributed by atoms with van der Waals surface area (Å²) >= 11 is 0. The Labute approximate surface area is 42.4 Å². The van der Waals surface area contributed by atoms with E-state index in [4.69, 9.17) is 9.84 Å². The maximum atomic E-state index is 8.63. The minimum absolute atomic E-state index is 0.569. The fraction of sp³-hybridized carbons (Fsp3) is 0.600. The second-order valence-electron chi connectivity index (χ2n) is 1.62. The van der Waals surface area contributed by atoms with Gasteiger partial charge in [-0.2, -0.15) is 0 Å². The lowest BCUT2D eigenvalue weighted by atomic mass is 10.4. The third-order valence-electron chi connectivity index (χ3n) is 0.929. The molecule has 40 valence electrons. The standard InChI is InChI=1S/C5H8O2/c1-4-2-3-5(6)7-4/h2,5-6H,3H2,1H3. The molecule has 1 N–H and O–H groups in total. The molecule has 0 fully saturated rings. The molecule has 7 heavy (non-hydrogen) atoms. The smallest absolute Gasteiger partial charge is 0.200 e. The molecule has 1 aliphatic rings. The van der Waals surface area contributed by atoms with Crippen LogP contribution in [0.3, 0.4) is 0 Å². The second kappa shape index (κ2) is 1.54. The van der Waals surface area contributed by atoms with Gasteiger partial charge in [-0.1, -0.05) is 0 Å². The molecular weight excluding hydrogens is 92.1 g/mol. The minimum atomic E-state index is -0.569. The highest BCUT2D eigenvalue weighted by Gasteiger charge is 2.09. The van der Waals surface area contributed by atoms with E-state index in [9.17, 15) is 0 Å². The molecule has 0 spiro atoms. The first kappa shape index (κ1) is 4.65. The molecule has 0 saturated heterocycles. The number of hydrogen-bond acceptors (Lipinski definition) is 2. The van der Waals surface area contributed by atoms with Crippen molar-refractivity contribution in [3.8, 4) is 0 Å². The van der Waals surface area contributed by atoms with E-state index in [-0.39, 0.29) is 0 Å². The van der Waals surface area contributed by atoms with Crippen LogP contribution in [0.1, 0.15) is 13.3 Å². The molecule has 0 bridgehead atoms. The van der Waals surface area contributed by atoms with Crippen molar-refractivity contribution in [3.05, 3.63) is 11.8 Å². The molecule has 1 unspecified atom stereocenters. The molecule has 0 saturated carbocycles. The van der Waals surface area contributed by atoms with Crippen LogP contribution in [0.4, 0.5) is 0 Å². The summed E-state index contributed by atoms with van der Waals surface area (Å²) in [6.45, 7) is 1.83. The van der Waals surface area contributed by atoms with Crippen LogP contribution in [-0.4, -0.2) is 11.4 Å². The zero-order valence-corrected chi connectivity index (χ0v) is 4.22. The molecule has 1 aliphatic heterocycles. The van der Waals surface area contributed by atoms with Gasteiger partial charge in [-0.3, -0.25) is 0 Å². The molecule has 1 atom stereocenters. The number of aliphatic hydroxyl groups excluding tert-OH is 1. The number of hydrogen-bond donors (Lipinski definition) is 1. The highest BCUT2D eigenvalue weighted by molar-refractivity contribution is 4.94. The summed E-state index contributed by atoms with van der Waals surface area (Å²) in [5.41, 5.74) is 0. The summed E-state index contributed by atoms with van der Waals surface area (Å²) in [6.07, 6.45) is 1.94. The zero-order valence-electron chi connectivity index (χ0n) is 4.22. The molecule has 2 heteroatoms. The van der Waals surface area contributed by atoms with Crippen molar-refractivity contribution in [2.75, 3.05) is 0 Å². The fourth-order valence-electron chi connectivity index (χ4n) is 0.578. The van der Waals surface area contributed by atoms with Gasteiger partial charge >= 0.3 is 0 Å². The van der Waals surface area contributed by atoms with Crippen LogP contribution in [0.15, 0.2) is 11.8 Å². The SMILES string of the molecule is CC1=CCC(O)O1. The molecule has 0 aliphatic carbocycles. The van der Waals surface area contributed by atoms with Gasteiger partial charge in [0.2, 0.25) is 0 Å². The van der Waals surface area contributed by atoms with Gasteiger partial charge in [-0.05, 0) is 13.0 Å². The van der Waals surface area contributed by atoms with Crippen LogP contribution < -0.4 is 0 Å². The Morgan fingerprint density at radius 2 is 2.71 bits per heavy atom. The maximum absolute atomic E-state index is 8.63. The van der Waals surface area contributed by atoms with Crippen LogP contribution in [0.5, 0.6) is 0 Å². The van der Waals surface area contributed by atoms with Gasteiger partial charge in [-0.15, -0.1) is 0 Å². The van der Waals surface area contributed by atoms with Crippen LogP contribution in [0.2, 0.25) is 0 Å². The van der Waals surface area contributed by atoms with Gasteiger partial charge in [0.05, 0.1) is 5.76 Å². The third kappa shape index (κ3) is 0.933. The predicted molar refractivity (Wildman–Crippen MR) is 25.5 cm³/mol. The summed E-state index contributed by atoms with van der Waals surface area (Å²) in [4.78, 5) is 0. The van der Waals surface area contributed by atoms with Crippen molar-refractivity contribution in [2.45, 2.75) is 19.6 Å². The third-order valence-corrected chi connectivity index (χ3v) is 0.929. The van der Waals surface area contributed by atoms with Crippen LogP contribution in [0.25, 0.3) is 0 Å². The Morgan fingerprint density at radius 3 is 2.86 bits per heavy atom. The average molecular weight is 100 g/mol. The van der Waals surface area contributed by atoms with Crippen molar-refractivity contribution in [2.24, 2.45) is 0 Å². The van der Waals surface area contributed by atoms with E-state index >= 15 is 0 Å². The van der Waals surface area contributed by atoms with Crippen LogP contribution in [0, 0.1) is 0 Å². The van der Waals surface area contributed by atoms with Gasteiger partial charge in [0.25, 0.3) is 0 Å². The lowest BCUT2D eigenvalue weighted by Crippen LogP contribution is -2.01. The van der Waals surface area contributed by atoms with Crippen molar-refractivity contribution >= 4 is 0 Å². The number of allylic oxidation sites excluding steroid dienone is 1. The summed E-state index contributed by atoms with van der Waals surface area (Å²) in [5, 5.41) is 8.63. The van der Waals surface area contributed by atoms with Gasteiger partial charge in [0, 0.05) is 6.42 Å². The summed E-state index contributed by atoms with van der Waals surface area (Å²) < 4.78 is 4.78. The van der Waals surface area contributed by atoms with Crippen LogP contribution in [-0.2, 0) is 4.74 Å². The molecule has 0 aromatic heterocycles. The quantitative estimate of drug-likeness (QED) is 0.483. The maximum Gasteiger partial charge on any atom is 0.200 e. The summed E-state index contributed by atoms with van der Waals surface area (Å²) in [6, 6.07) is 0. The molecule has 0 aromatic carbocycles. The van der Waals surface area contributed by atoms with Crippen LogP contribution >= 0.6 is 0 Å². The first-order valence-electron chi connectivity index (χ1n) is 2.30. The minimum Gasteiger partial charge on any atom is -0.470 e. The van der Waals surface area contributed by atoms with E-state index in [0.29, 0.717) is 6.42 Å². The van der Waals surface area contributed by atoms with Crippen molar-refractivity contribution < 1.29 is 9.84 Å². The van der Waals surface area contributed by atoms with Gasteiger partial charge in [0.15, 0.2) is 6.29 Å². The topological polar surface area (TPSA) is 29.5 Å². The molecule has 0 radical (unpaired) electrons. The van der Waals surface area contributed by atoms with Crippen molar-refractivity contribution in [3.63, 3.8) is 0 Å². The molecule has 0 aromatic rings. The molecule has 2 nitrogen and oxygen atoms in total. The molecular formula is C5H8O2. The Balaban J connectivity index is 2.42. The van der Waals surface area contributed by atoms with E-state index in [1.54, 1.807) is 0 Å². The number of rotatable bonds is 0. The lowest BCUT2D eigenvalue weighted by molar-refractivity contribution is -0.0440. The highest BCUT2D eigenvalue weighted by atomic mass is 16.6. The number of ether oxygens (including phenoxy) is 1. The molecule has 0 amide bonds. The normalized spacial score (nSPS) is 29.4. The van der Waals surface area contributed by atoms with Gasteiger partial charge in [-0.25, -0.2) is 0 Å². The largest absolute Gasteiger partial charge is 0.470 e. The Kier molecular flexibility index (Phi) is 1.02. The Hall–Kier alpha value is -0.500. The lowest BCUT2D eigenvalue weighted by Gasteiger charge is -2.00. The second-order valence-corrected chi connectivity index (χ2v) is 1.62. The van der Waals surface area contributed by atoms with E-state index in [2.05, 4.69) is 0 Å². The van der Waals surface area contributed by atoms with Crippen molar-refractivity contribution in [1.29, 1.82) is 0 Å². The fourth-order valence-corrected chi connectivity index (χ4v) is 0.578. The Morgan fingerprint density at radius 1 is 2.00 bits per heavy atom. The van der Waals surface area contributed by atoms with Gasteiger partial charge in [0.1, 0.15) is 0 Å².